The van der Waals surface area contributed by atoms with E-state index >= 15 is 0 Å². The molecule has 108 valence electrons. The third-order valence-corrected chi connectivity index (χ3v) is 3.48. The van der Waals surface area contributed by atoms with Crippen molar-refractivity contribution in [1.82, 2.24) is 19.5 Å². The molecule has 0 aromatic carbocycles. The lowest BCUT2D eigenvalue weighted by atomic mass is 9.99. The molecule has 20 heavy (non-hydrogen) atoms. The number of nitrogens with two attached hydrogens (primary N) is 2. The smallest absolute Gasteiger partial charge is 0.165 e. The molecule has 9 nitrogen and oxygen atoms in total. The van der Waals surface area contributed by atoms with Crippen LogP contribution in [0.5, 0.6) is 0 Å². The highest BCUT2D eigenvalue weighted by Gasteiger charge is 2.36. The van der Waals surface area contributed by atoms with Gasteiger partial charge in [0.2, 0.25) is 0 Å². The van der Waals surface area contributed by atoms with Crippen LogP contribution in [0, 0.1) is 0 Å². The maximum atomic E-state index is 9.99. The summed E-state index contributed by atoms with van der Waals surface area (Å²) >= 11 is 0. The second kappa shape index (κ2) is 4.94. The number of anilines is 1. The van der Waals surface area contributed by atoms with E-state index in [9.17, 15) is 10.2 Å². The molecule has 9 heteroatoms. The normalized spacial score (nSPS) is 30.8. The summed E-state index contributed by atoms with van der Waals surface area (Å²) in [7, 11) is 0. The molecule has 1 fully saturated rings. The van der Waals surface area contributed by atoms with E-state index in [-0.39, 0.29) is 13.2 Å². The maximum Gasteiger partial charge on any atom is 0.165 e. The fourth-order valence-electron chi connectivity index (χ4n) is 2.29. The van der Waals surface area contributed by atoms with E-state index in [4.69, 9.17) is 16.2 Å². The second-order valence-corrected chi connectivity index (χ2v) is 4.84. The molecular weight excluding hydrogens is 264 g/mol. The highest BCUT2D eigenvalue weighted by Crippen LogP contribution is 2.19. The zero-order chi connectivity index (χ0) is 14.3. The van der Waals surface area contributed by atoms with Crippen LogP contribution in [0.15, 0.2) is 12.7 Å². The maximum absolute atomic E-state index is 9.99. The van der Waals surface area contributed by atoms with Crippen molar-refractivity contribution in [2.75, 3.05) is 12.3 Å². The molecule has 1 aliphatic rings. The highest BCUT2D eigenvalue weighted by atomic mass is 16.5. The lowest BCUT2D eigenvalue weighted by Gasteiger charge is -2.36. The van der Waals surface area contributed by atoms with E-state index in [1.807, 2.05) is 0 Å². The van der Waals surface area contributed by atoms with Gasteiger partial charge < -0.3 is 31.0 Å². The van der Waals surface area contributed by atoms with Crippen molar-refractivity contribution in [3.63, 3.8) is 0 Å². The summed E-state index contributed by atoms with van der Waals surface area (Å²) in [5.41, 5.74) is 12.4. The van der Waals surface area contributed by atoms with E-state index in [0.717, 1.165) is 0 Å². The Morgan fingerprint density at radius 2 is 2.10 bits per heavy atom. The Morgan fingerprint density at radius 1 is 1.30 bits per heavy atom. The van der Waals surface area contributed by atoms with Gasteiger partial charge in [-0.25, -0.2) is 15.0 Å². The molecule has 0 radical (unpaired) electrons. The standard InChI is InChI=1S/C11H16N6O3/c12-5-2-20-6(9(19)8(5)18)1-17-4-16-7-10(13)14-3-15-11(7)17/h3-6,8-9,18-19H,1-2,12H2,(H2,13,14,15)/t5-,6-,8+,9-/m1/s1. The van der Waals surface area contributed by atoms with E-state index in [0.29, 0.717) is 17.0 Å². The molecule has 1 saturated heterocycles. The quantitative estimate of drug-likeness (QED) is 0.487. The van der Waals surface area contributed by atoms with E-state index in [1.54, 1.807) is 10.9 Å². The molecule has 3 heterocycles. The lowest BCUT2D eigenvalue weighted by Crippen LogP contribution is -2.57. The predicted molar refractivity (Wildman–Crippen MR) is 69.5 cm³/mol. The van der Waals surface area contributed by atoms with Gasteiger partial charge in [0.15, 0.2) is 11.5 Å². The third kappa shape index (κ3) is 2.10. The van der Waals surface area contributed by atoms with Gasteiger partial charge in [-0.2, -0.15) is 0 Å². The van der Waals surface area contributed by atoms with Crippen LogP contribution in [0.4, 0.5) is 5.82 Å². The molecule has 1 aliphatic heterocycles. The average Bonchev–Trinajstić information content (AvgIpc) is 2.84. The summed E-state index contributed by atoms with van der Waals surface area (Å²) in [6.07, 6.45) is 0.239. The molecule has 4 atom stereocenters. The van der Waals surface area contributed by atoms with Crippen molar-refractivity contribution in [2.24, 2.45) is 5.73 Å². The molecule has 6 N–H and O–H groups in total. The number of rotatable bonds is 2. The number of hydrogen-bond donors (Lipinski definition) is 4. The predicted octanol–water partition coefficient (Wildman–Crippen LogP) is -2.14. The Balaban J connectivity index is 1.85. The number of aliphatic hydroxyl groups excluding tert-OH is 2. The van der Waals surface area contributed by atoms with E-state index < -0.39 is 24.4 Å². The van der Waals surface area contributed by atoms with Crippen LogP contribution in [-0.4, -0.2) is 60.7 Å². The van der Waals surface area contributed by atoms with Gasteiger partial charge in [-0.05, 0) is 0 Å². The fraction of sp³-hybridized carbons (Fsp3) is 0.545. The molecule has 2 aromatic rings. The van der Waals surface area contributed by atoms with Gasteiger partial charge in [0.05, 0.1) is 31.6 Å². The number of fused-ring (bicyclic) bond motifs is 1. The molecule has 0 unspecified atom stereocenters. The van der Waals surface area contributed by atoms with Crippen molar-refractivity contribution < 1.29 is 14.9 Å². The molecular formula is C11H16N6O3. The van der Waals surface area contributed by atoms with Gasteiger partial charge >= 0.3 is 0 Å². The Bertz CT molecular complexity index is 617. The minimum absolute atomic E-state index is 0.187. The molecule has 0 spiro atoms. The summed E-state index contributed by atoms with van der Waals surface area (Å²) < 4.78 is 7.17. The van der Waals surface area contributed by atoms with Crippen molar-refractivity contribution in [2.45, 2.75) is 30.9 Å². The molecule has 0 bridgehead atoms. The summed E-state index contributed by atoms with van der Waals surface area (Å²) in [6.45, 7) is 0.477. The summed E-state index contributed by atoms with van der Waals surface area (Å²) in [4.78, 5) is 12.1. The van der Waals surface area contributed by atoms with Crippen LogP contribution < -0.4 is 11.5 Å². The Morgan fingerprint density at radius 3 is 2.90 bits per heavy atom. The minimum atomic E-state index is -1.06. The Labute approximate surface area is 114 Å². The van der Waals surface area contributed by atoms with Gasteiger partial charge in [-0.1, -0.05) is 0 Å². The Kier molecular flexibility index (Phi) is 3.26. The van der Waals surface area contributed by atoms with Crippen molar-refractivity contribution >= 4 is 17.0 Å². The van der Waals surface area contributed by atoms with Gasteiger partial charge in [0, 0.05) is 0 Å². The zero-order valence-corrected chi connectivity index (χ0v) is 10.6. The molecule has 0 amide bonds. The number of nitrogens with zero attached hydrogens (tertiary/aromatic N) is 4. The average molecular weight is 280 g/mol. The van der Waals surface area contributed by atoms with Crippen LogP contribution in [0.2, 0.25) is 0 Å². The van der Waals surface area contributed by atoms with E-state index in [2.05, 4.69) is 15.0 Å². The number of aromatic nitrogens is 4. The summed E-state index contributed by atoms with van der Waals surface area (Å²) in [5.74, 6) is 0.293. The first-order chi connectivity index (χ1) is 9.58. The van der Waals surface area contributed by atoms with E-state index in [1.165, 1.54) is 6.33 Å². The topological polar surface area (TPSA) is 145 Å². The first-order valence-electron chi connectivity index (χ1n) is 6.22. The summed E-state index contributed by atoms with van der Waals surface area (Å²) in [5, 5.41) is 19.8. The summed E-state index contributed by atoms with van der Waals surface area (Å²) in [6, 6.07) is -0.584. The minimum Gasteiger partial charge on any atom is -0.389 e. The lowest BCUT2D eigenvalue weighted by molar-refractivity contribution is -0.148. The zero-order valence-electron chi connectivity index (χ0n) is 10.6. The number of nitrogen functional groups attached to an aromatic ring is 1. The largest absolute Gasteiger partial charge is 0.389 e. The first kappa shape index (κ1) is 13.2. The van der Waals surface area contributed by atoms with Crippen molar-refractivity contribution in [3.8, 4) is 0 Å². The number of imidazole rings is 1. The highest BCUT2D eigenvalue weighted by molar-refractivity contribution is 5.81. The molecule has 0 saturated carbocycles. The van der Waals surface area contributed by atoms with Crippen molar-refractivity contribution in [1.29, 1.82) is 0 Å². The SMILES string of the molecule is Nc1ncnc2c1ncn2C[C@H]1OC[C@@H](N)[C@H](O)[C@@H]1O. The van der Waals surface area contributed by atoms with Crippen LogP contribution in [-0.2, 0) is 11.3 Å². The number of hydrogen-bond acceptors (Lipinski definition) is 8. The van der Waals surface area contributed by atoms with Crippen LogP contribution in [0.3, 0.4) is 0 Å². The molecule has 3 rings (SSSR count). The van der Waals surface area contributed by atoms with Gasteiger partial charge in [-0.15, -0.1) is 0 Å². The van der Waals surface area contributed by atoms with Crippen LogP contribution in [0.25, 0.3) is 11.2 Å². The third-order valence-electron chi connectivity index (χ3n) is 3.48. The fourth-order valence-corrected chi connectivity index (χ4v) is 2.29. The van der Waals surface area contributed by atoms with Crippen LogP contribution in [0.1, 0.15) is 0 Å². The number of ether oxygens (including phenoxy) is 1. The molecule has 2 aromatic heterocycles. The van der Waals surface area contributed by atoms with Gasteiger partial charge in [0.25, 0.3) is 0 Å². The van der Waals surface area contributed by atoms with Gasteiger partial charge in [-0.3, -0.25) is 0 Å². The Hall–Kier alpha value is -1.81. The second-order valence-electron chi connectivity index (χ2n) is 4.84. The van der Waals surface area contributed by atoms with Gasteiger partial charge in [0.1, 0.15) is 24.1 Å². The van der Waals surface area contributed by atoms with Crippen molar-refractivity contribution in [3.05, 3.63) is 12.7 Å². The monoisotopic (exact) mass is 280 g/mol. The molecule has 0 aliphatic carbocycles. The first-order valence-corrected chi connectivity index (χ1v) is 6.22. The number of aliphatic hydroxyl groups is 2. The van der Waals surface area contributed by atoms with Crippen LogP contribution >= 0.6 is 0 Å².